The number of nitrogens with two attached hydrogens (primary N) is 1. The zero-order chi connectivity index (χ0) is 4.28. The summed E-state index contributed by atoms with van der Waals surface area (Å²) in [7, 11) is 0. The fraction of sp³-hybridized carbons (Fsp3) is 0. The minimum Gasteiger partial charge on any atom is -0.350 e. The highest BCUT2D eigenvalue weighted by molar-refractivity contribution is 5.76. The van der Waals surface area contributed by atoms with E-state index in [-0.39, 0.29) is 11.0 Å². The van der Waals surface area contributed by atoms with Gasteiger partial charge in [-0.1, -0.05) is 0 Å². The van der Waals surface area contributed by atoms with Gasteiger partial charge in [-0.05, 0) is 17.7 Å². The normalized spacial score (nSPS) is 5.33. The van der Waals surface area contributed by atoms with Crippen LogP contribution in [0, 0.1) is 0 Å². The topological polar surface area (TPSA) is 55.4 Å². The van der Waals surface area contributed by atoms with E-state index in [1.54, 1.807) is 0 Å². The molecule has 0 aliphatic heterocycles. The summed E-state index contributed by atoms with van der Waals surface area (Å²) in [5.74, 6) is 0. The Morgan fingerprint density at radius 3 is 2.00 bits per heavy atom. The quantitative estimate of drug-likeness (QED) is 0.289. The molecule has 0 aromatic carbocycles. The molecule has 4 heteroatoms. The van der Waals surface area contributed by atoms with Crippen molar-refractivity contribution in [3.8, 4) is 0 Å². The lowest BCUT2D eigenvalue weighted by molar-refractivity contribution is 0.257. The van der Waals surface area contributed by atoms with Gasteiger partial charge in [0.2, 0.25) is 0 Å². The summed E-state index contributed by atoms with van der Waals surface area (Å²) in [5, 5.41) is 0. The maximum Gasteiger partial charge on any atom is 0.337 e. The predicted molar refractivity (Wildman–Crippen MR) is 30.5 cm³/mol. The smallest absolute Gasteiger partial charge is 0.337 e. The first-order chi connectivity index (χ1) is 2.27. The Hall–Kier alpha value is -0.643. The van der Waals surface area contributed by atoms with Crippen molar-refractivity contribution in [3.05, 3.63) is 0 Å². The SMILES string of the molecule is C=NC(N)=O.[SiH4]. The second kappa shape index (κ2) is 4.36. The molecule has 0 aliphatic rings. The van der Waals surface area contributed by atoms with Crippen molar-refractivity contribution < 1.29 is 4.79 Å². The van der Waals surface area contributed by atoms with Crippen molar-refractivity contribution in [2.75, 3.05) is 0 Å². The number of hydrogen-bond donors (Lipinski definition) is 1. The van der Waals surface area contributed by atoms with Gasteiger partial charge in [0.15, 0.2) is 0 Å². The standard InChI is InChI=1S/C2H4N2O.H4Si/c1-4-2(3)5;/h1H2,(H2,3,5);1H4. The second-order valence-electron chi connectivity index (χ2n) is 0.496. The molecule has 36 valence electrons. The van der Waals surface area contributed by atoms with E-state index < -0.39 is 6.03 Å². The minimum atomic E-state index is -0.731. The molecular formula is C2H8N2OSi. The van der Waals surface area contributed by atoms with Crippen LogP contribution in [0.3, 0.4) is 0 Å². The Labute approximate surface area is 40.3 Å². The van der Waals surface area contributed by atoms with Gasteiger partial charge >= 0.3 is 6.03 Å². The molecule has 0 spiro atoms. The average Bonchev–Trinajstić information content (AvgIpc) is 1.38. The number of hydrogen-bond acceptors (Lipinski definition) is 1. The number of carbonyl (C=O) groups excluding carboxylic acids is 1. The molecule has 0 bridgehead atoms. The van der Waals surface area contributed by atoms with Gasteiger partial charge in [-0.15, -0.1) is 0 Å². The third-order valence-corrected chi connectivity index (χ3v) is 0.156. The summed E-state index contributed by atoms with van der Waals surface area (Å²) in [5.41, 5.74) is 4.42. The van der Waals surface area contributed by atoms with Gasteiger partial charge in [-0.3, -0.25) is 0 Å². The average molecular weight is 104 g/mol. The zero-order valence-electron chi connectivity index (χ0n) is 2.64. The van der Waals surface area contributed by atoms with E-state index in [2.05, 4.69) is 17.4 Å². The van der Waals surface area contributed by atoms with Gasteiger partial charge in [-0.25, -0.2) is 9.79 Å². The van der Waals surface area contributed by atoms with Crippen molar-refractivity contribution in [2.45, 2.75) is 0 Å². The molecule has 0 radical (unpaired) electrons. The molecule has 0 aromatic heterocycles. The number of nitrogens with zero attached hydrogens (tertiary/aromatic N) is 1. The van der Waals surface area contributed by atoms with Crippen LogP contribution in [0.15, 0.2) is 4.99 Å². The van der Waals surface area contributed by atoms with E-state index in [0.29, 0.717) is 0 Å². The van der Waals surface area contributed by atoms with Gasteiger partial charge in [-0.2, -0.15) is 0 Å². The molecule has 2 N–H and O–H groups in total. The molecule has 0 fully saturated rings. The van der Waals surface area contributed by atoms with Crippen LogP contribution in [0.5, 0.6) is 0 Å². The molecule has 0 aliphatic carbocycles. The summed E-state index contributed by atoms with van der Waals surface area (Å²) in [6.07, 6.45) is 0. The monoisotopic (exact) mass is 104 g/mol. The summed E-state index contributed by atoms with van der Waals surface area (Å²) in [6.45, 7) is 2.84. The van der Waals surface area contributed by atoms with E-state index in [1.165, 1.54) is 0 Å². The van der Waals surface area contributed by atoms with Crippen molar-refractivity contribution in [1.82, 2.24) is 0 Å². The zero-order valence-corrected chi connectivity index (χ0v) is 2.64. The molecule has 0 saturated heterocycles. The largest absolute Gasteiger partial charge is 0.350 e. The molecule has 2 amide bonds. The lowest BCUT2D eigenvalue weighted by Crippen LogP contribution is -2.01. The van der Waals surface area contributed by atoms with Crippen LogP contribution < -0.4 is 5.73 Å². The van der Waals surface area contributed by atoms with Crippen LogP contribution in [0.1, 0.15) is 0 Å². The van der Waals surface area contributed by atoms with E-state index in [9.17, 15) is 4.79 Å². The Bertz CT molecular complexity index is 62.6. The first-order valence-corrected chi connectivity index (χ1v) is 1.03. The highest BCUT2D eigenvalue weighted by Crippen LogP contribution is 1.53. The number of urea groups is 1. The highest BCUT2D eigenvalue weighted by Gasteiger charge is 1.70. The summed E-state index contributed by atoms with van der Waals surface area (Å²) in [4.78, 5) is 12.1. The van der Waals surface area contributed by atoms with Crippen molar-refractivity contribution in [3.63, 3.8) is 0 Å². The number of rotatable bonds is 0. The van der Waals surface area contributed by atoms with Gasteiger partial charge in [0, 0.05) is 0 Å². The van der Waals surface area contributed by atoms with E-state index >= 15 is 0 Å². The molecule has 0 unspecified atom stereocenters. The maximum absolute atomic E-state index is 9.36. The van der Waals surface area contributed by atoms with E-state index in [1.807, 2.05) is 0 Å². The lowest BCUT2D eigenvalue weighted by atomic mass is 11.1. The predicted octanol–water partition coefficient (Wildman–Crippen LogP) is -1.69. The third kappa shape index (κ3) is 10.1. The fourth-order valence-corrected chi connectivity index (χ4v) is 0. The van der Waals surface area contributed by atoms with Gasteiger partial charge in [0.25, 0.3) is 0 Å². The first-order valence-electron chi connectivity index (χ1n) is 1.03. The second-order valence-corrected chi connectivity index (χ2v) is 0.496. The highest BCUT2D eigenvalue weighted by atomic mass is 28.1. The molecule has 0 heterocycles. The Kier molecular flexibility index (Phi) is 6.55. The molecule has 0 rings (SSSR count). The lowest BCUT2D eigenvalue weighted by Gasteiger charge is -1.66. The van der Waals surface area contributed by atoms with Gasteiger partial charge in [0.1, 0.15) is 0 Å². The molecule has 3 nitrogen and oxygen atoms in total. The first kappa shape index (κ1) is 9.02. The van der Waals surface area contributed by atoms with E-state index in [0.717, 1.165) is 0 Å². The summed E-state index contributed by atoms with van der Waals surface area (Å²) < 4.78 is 0. The molecule has 0 saturated carbocycles. The van der Waals surface area contributed by atoms with Crippen LogP contribution >= 0.6 is 0 Å². The number of amides is 2. The Balaban J connectivity index is 0. The van der Waals surface area contributed by atoms with Crippen LogP contribution in [-0.2, 0) is 0 Å². The molecular weight excluding hydrogens is 96.1 g/mol. The Morgan fingerprint density at radius 2 is 2.00 bits per heavy atom. The fourth-order valence-electron chi connectivity index (χ4n) is 0. The summed E-state index contributed by atoms with van der Waals surface area (Å²) in [6, 6.07) is -0.731. The minimum absolute atomic E-state index is 0. The number of carbonyl (C=O) groups is 1. The number of primary amides is 1. The van der Waals surface area contributed by atoms with Gasteiger partial charge in [0.05, 0.1) is 0 Å². The number of aliphatic imine (C=N–C) groups is 1. The van der Waals surface area contributed by atoms with Crippen LogP contribution in [-0.4, -0.2) is 23.7 Å². The molecule has 6 heavy (non-hydrogen) atoms. The van der Waals surface area contributed by atoms with Crippen LogP contribution in [0.25, 0.3) is 0 Å². The van der Waals surface area contributed by atoms with Crippen LogP contribution in [0.4, 0.5) is 4.79 Å². The Morgan fingerprint density at radius 1 is 1.83 bits per heavy atom. The molecule has 0 atom stereocenters. The third-order valence-electron chi connectivity index (χ3n) is 0.156. The van der Waals surface area contributed by atoms with E-state index in [4.69, 9.17) is 0 Å². The van der Waals surface area contributed by atoms with Crippen LogP contribution in [0.2, 0.25) is 0 Å². The maximum atomic E-state index is 9.36. The summed E-state index contributed by atoms with van der Waals surface area (Å²) >= 11 is 0. The van der Waals surface area contributed by atoms with Gasteiger partial charge < -0.3 is 5.73 Å². The van der Waals surface area contributed by atoms with Crippen molar-refractivity contribution in [2.24, 2.45) is 10.7 Å². The molecule has 0 aromatic rings. The van der Waals surface area contributed by atoms with Crippen molar-refractivity contribution >= 4 is 23.7 Å². The van der Waals surface area contributed by atoms with Crippen molar-refractivity contribution in [1.29, 1.82) is 0 Å².